The summed E-state index contributed by atoms with van der Waals surface area (Å²) in [5, 5.41) is 11.0. The summed E-state index contributed by atoms with van der Waals surface area (Å²) in [6, 6.07) is -1.32. The zero-order chi connectivity index (χ0) is 15.7. The zero-order valence-corrected chi connectivity index (χ0v) is 11.6. The van der Waals surface area contributed by atoms with Crippen molar-refractivity contribution in [1.82, 2.24) is 10.2 Å². The average Bonchev–Trinajstić information content (AvgIpc) is 2.50. The molecule has 1 heterocycles. The summed E-state index contributed by atoms with van der Waals surface area (Å²) in [4.78, 5) is 46.3. The molecule has 2 N–H and O–H groups in total. The van der Waals surface area contributed by atoms with Gasteiger partial charge < -0.3 is 9.84 Å². The van der Waals surface area contributed by atoms with Gasteiger partial charge in [0.25, 0.3) is 11.8 Å². The molecule has 1 aliphatic rings. The van der Waals surface area contributed by atoms with E-state index in [-0.39, 0.29) is 5.70 Å². The number of hydrogen-bond donors (Lipinski definition) is 2. The van der Waals surface area contributed by atoms with Gasteiger partial charge in [-0.1, -0.05) is 0 Å². The molecular weight excluding hydrogens is 268 g/mol. The molecule has 3 amide bonds. The second-order valence-electron chi connectivity index (χ2n) is 5.21. The number of rotatable bonds is 3. The van der Waals surface area contributed by atoms with Crippen LogP contribution in [0.3, 0.4) is 0 Å². The van der Waals surface area contributed by atoms with Gasteiger partial charge in [0.1, 0.15) is 17.3 Å². The van der Waals surface area contributed by atoms with E-state index in [1.807, 2.05) is 0 Å². The maximum atomic E-state index is 11.9. The SMILES string of the molecule is C[C@@H](C(=O)O)N1C(=O)C=C(NC(=O)OC(C)(C)C)C1=O. The van der Waals surface area contributed by atoms with Gasteiger partial charge in [-0.05, 0) is 27.7 Å². The third-order valence-electron chi connectivity index (χ3n) is 2.33. The molecule has 0 aromatic rings. The molecule has 8 heteroatoms. The summed E-state index contributed by atoms with van der Waals surface area (Å²) < 4.78 is 4.94. The number of nitrogens with zero attached hydrogens (tertiary/aromatic N) is 1. The van der Waals surface area contributed by atoms with E-state index < -0.39 is 35.5 Å². The fourth-order valence-corrected chi connectivity index (χ4v) is 1.46. The summed E-state index contributed by atoms with van der Waals surface area (Å²) in [6.07, 6.45) is -0.0270. The highest BCUT2D eigenvalue weighted by atomic mass is 16.6. The minimum absolute atomic E-state index is 0.308. The van der Waals surface area contributed by atoms with Gasteiger partial charge in [-0.3, -0.25) is 19.8 Å². The molecule has 20 heavy (non-hydrogen) atoms. The molecule has 0 radical (unpaired) electrons. The molecule has 0 saturated carbocycles. The van der Waals surface area contributed by atoms with Crippen molar-refractivity contribution in [2.24, 2.45) is 0 Å². The van der Waals surface area contributed by atoms with Crippen molar-refractivity contribution in [1.29, 1.82) is 0 Å². The number of alkyl carbamates (subject to hydrolysis) is 1. The Morgan fingerprint density at radius 3 is 2.35 bits per heavy atom. The molecule has 0 aliphatic carbocycles. The molecule has 1 aliphatic heterocycles. The van der Waals surface area contributed by atoms with Gasteiger partial charge in [-0.2, -0.15) is 0 Å². The largest absolute Gasteiger partial charge is 0.480 e. The first kappa shape index (κ1) is 15.7. The van der Waals surface area contributed by atoms with E-state index in [0.29, 0.717) is 4.90 Å². The quantitative estimate of drug-likeness (QED) is 0.718. The first-order valence-electron chi connectivity index (χ1n) is 5.85. The molecule has 0 bridgehead atoms. The topological polar surface area (TPSA) is 113 Å². The predicted octanol–water partition coefficient (Wildman–Crippen LogP) is 0.237. The number of amides is 3. The smallest absolute Gasteiger partial charge is 0.412 e. The predicted molar refractivity (Wildman–Crippen MR) is 66.4 cm³/mol. The second-order valence-corrected chi connectivity index (χ2v) is 5.21. The lowest BCUT2D eigenvalue weighted by molar-refractivity contribution is -0.152. The fourth-order valence-electron chi connectivity index (χ4n) is 1.46. The summed E-state index contributed by atoms with van der Waals surface area (Å²) in [5.41, 5.74) is -1.07. The van der Waals surface area contributed by atoms with Gasteiger partial charge in [0.15, 0.2) is 0 Å². The van der Waals surface area contributed by atoms with E-state index in [2.05, 4.69) is 5.32 Å². The summed E-state index contributed by atoms with van der Waals surface area (Å²) in [6.45, 7) is 6.12. The summed E-state index contributed by atoms with van der Waals surface area (Å²) in [7, 11) is 0. The number of carboxylic acids is 1. The minimum Gasteiger partial charge on any atom is -0.480 e. The Morgan fingerprint density at radius 2 is 1.90 bits per heavy atom. The Labute approximate surface area is 115 Å². The van der Waals surface area contributed by atoms with Gasteiger partial charge in [0.05, 0.1) is 0 Å². The third kappa shape index (κ3) is 3.56. The normalized spacial score (nSPS) is 16.8. The van der Waals surface area contributed by atoms with Crippen LogP contribution in [0.4, 0.5) is 4.79 Å². The van der Waals surface area contributed by atoms with Crippen LogP contribution in [0.2, 0.25) is 0 Å². The van der Waals surface area contributed by atoms with Crippen LogP contribution in [0.5, 0.6) is 0 Å². The van der Waals surface area contributed by atoms with Crippen molar-refractivity contribution in [2.45, 2.75) is 39.3 Å². The molecule has 0 saturated heterocycles. The van der Waals surface area contributed by atoms with Crippen molar-refractivity contribution in [3.8, 4) is 0 Å². The van der Waals surface area contributed by atoms with Crippen LogP contribution in [-0.4, -0.2) is 45.5 Å². The fraction of sp³-hybridized carbons (Fsp3) is 0.500. The Bertz CT molecular complexity index is 503. The van der Waals surface area contributed by atoms with Crippen LogP contribution in [0.1, 0.15) is 27.7 Å². The number of aliphatic carboxylic acids is 1. The highest BCUT2D eigenvalue weighted by molar-refractivity contribution is 6.18. The standard InChI is InChI=1S/C12H16N2O6/c1-6(10(17)18)14-8(15)5-7(9(14)16)13-11(19)20-12(2,3)4/h5-6H,1-4H3,(H,13,19)(H,17,18)/t6-/m0/s1. The van der Waals surface area contributed by atoms with Gasteiger partial charge in [-0.15, -0.1) is 0 Å². The van der Waals surface area contributed by atoms with Crippen LogP contribution in [0.25, 0.3) is 0 Å². The summed E-state index contributed by atoms with van der Waals surface area (Å²) >= 11 is 0. The van der Waals surface area contributed by atoms with Crippen molar-refractivity contribution >= 4 is 23.9 Å². The third-order valence-corrected chi connectivity index (χ3v) is 2.33. The zero-order valence-electron chi connectivity index (χ0n) is 11.6. The van der Waals surface area contributed by atoms with E-state index >= 15 is 0 Å². The van der Waals surface area contributed by atoms with Crippen LogP contribution in [-0.2, 0) is 19.1 Å². The van der Waals surface area contributed by atoms with Crippen LogP contribution in [0.15, 0.2) is 11.8 Å². The van der Waals surface area contributed by atoms with E-state index in [1.54, 1.807) is 20.8 Å². The number of nitrogens with one attached hydrogen (secondary N) is 1. The Hall–Kier alpha value is -2.38. The van der Waals surface area contributed by atoms with Crippen LogP contribution in [0, 0.1) is 0 Å². The van der Waals surface area contributed by atoms with E-state index in [9.17, 15) is 19.2 Å². The molecule has 0 aromatic carbocycles. The van der Waals surface area contributed by atoms with Crippen LogP contribution >= 0.6 is 0 Å². The van der Waals surface area contributed by atoms with Crippen molar-refractivity contribution < 1.29 is 29.0 Å². The van der Waals surface area contributed by atoms with Crippen molar-refractivity contribution in [3.05, 3.63) is 11.8 Å². The van der Waals surface area contributed by atoms with Crippen LogP contribution < -0.4 is 5.32 Å². The van der Waals surface area contributed by atoms with E-state index in [0.717, 1.165) is 6.08 Å². The van der Waals surface area contributed by atoms with E-state index in [4.69, 9.17) is 9.84 Å². The van der Waals surface area contributed by atoms with Gasteiger partial charge in [-0.25, -0.2) is 9.59 Å². The molecule has 0 unspecified atom stereocenters. The maximum absolute atomic E-state index is 11.9. The molecule has 110 valence electrons. The van der Waals surface area contributed by atoms with Gasteiger partial charge >= 0.3 is 12.1 Å². The number of carboxylic acid groups (broad SMARTS) is 1. The summed E-state index contributed by atoms with van der Waals surface area (Å²) in [5.74, 6) is -3.00. The average molecular weight is 284 g/mol. The first-order chi connectivity index (χ1) is 9.03. The number of ether oxygens (including phenoxy) is 1. The molecule has 1 atom stereocenters. The Morgan fingerprint density at radius 1 is 1.35 bits per heavy atom. The van der Waals surface area contributed by atoms with Gasteiger partial charge in [0, 0.05) is 6.08 Å². The molecule has 0 fully saturated rings. The highest BCUT2D eigenvalue weighted by Crippen LogP contribution is 2.15. The molecule has 8 nitrogen and oxygen atoms in total. The Kier molecular flexibility index (Phi) is 4.17. The second kappa shape index (κ2) is 5.32. The number of carbonyl (C=O) groups is 4. The molecular formula is C12H16N2O6. The number of hydrogen-bond acceptors (Lipinski definition) is 5. The maximum Gasteiger partial charge on any atom is 0.412 e. The monoisotopic (exact) mass is 284 g/mol. The first-order valence-corrected chi connectivity index (χ1v) is 5.85. The van der Waals surface area contributed by atoms with Crippen molar-refractivity contribution in [2.75, 3.05) is 0 Å². The Balaban J connectivity index is 2.78. The molecule has 0 spiro atoms. The lowest BCUT2D eigenvalue weighted by Crippen LogP contribution is -2.45. The van der Waals surface area contributed by atoms with Crippen molar-refractivity contribution in [3.63, 3.8) is 0 Å². The lowest BCUT2D eigenvalue weighted by atomic mass is 10.2. The van der Waals surface area contributed by atoms with Gasteiger partial charge in [0.2, 0.25) is 0 Å². The lowest BCUT2D eigenvalue weighted by Gasteiger charge is -2.21. The number of carbonyl (C=O) groups excluding carboxylic acids is 3. The molecule has 0 aromatic heterocycles. The minimum atomic E-state index is -1.32. The highest BCUT2D eigenvalue weighted by Gasteiger charge is 2.38. The molecule has 1 rings (SSSR count). The van der Waals surface area contributed by atoms with E-state index in [1.165, 1.54) is 6.92 Å². The number of imide groups is 1.